The molecular weight excluding hydrogens is 222 g/mol. The molecule has 0 aromatic carbocycles. The van der Waals surface area contributed by atoms with Crippen LogP contribution < -0.4 is 5.32 Å². The molecule has 16 heavy (non-hydrogen) atoms. The lowest BCUT2D eigenvalue weighted by Gasteiger charge is -2.16. The van der Waals surface area contributed by atoms with Gasteiger partial charge in [-0.15, -0.1) is 0 Å². The summed E-state index contributed by atoms with van der Waals surface area (Å²) in [5, 5.41) is 5.19. The van der Waals surface area contributed by atoms with E-state index in [-0.39, 0.29) is 0 Å². The molecule has 94 valence electrons. The number of aliphatic imine (C=N–C) groups is 1. The molecule has 1 heterocycles. The van der Waals surface area contributed by atoms with E-state index in [4.69, 9.17) is 4.74 Å². The molecule has 0 saturated carbocycles. The van der Waals surface area contributed by atoms with Gasteiger partial charge in [-0.2, -0.15) is 0 Å². The average Bonchev–Trinajstić information content (AvgIpc) is 2.74. The lowest BCUT2D eigenvalue weighted by atomic mass is 10.3. The molecule has 5 heteroatoms. The number of rotatable bonds is 7. The van der Waals surface area contributed by atoms with Crippen molar-refractivity contribution in [2.75, 3.05) is 46.9 Å². The predicted molar refractivity (Wildman–Crippen MR) is 71.3 cm³/mol. The van der Waals surface area contributed by atoms with Crippen LogP contribution in [0.2, 0.25) is 0 Å². The number of hydrogen-bond acceptors (Lipinski definition) is 5. The Morgan fingerprint density at radius 1 is 1.56 bits per heavy atom. The van der Waals surface area contributed by atoms with Crippen molar-refractivity contribution in [2.45, 2.75) is 18.6 Å². The summed E-state index contributed by atoms with van der Waals surface area (Å²) in [4.78, 5) is 6.73. The Hall–Kier alpha value is -0.260. The minimum Gasteiger partial charge on any atom is -0.383 e. The van der Waals surface area contributed by atoms with E-state index in [9.17, 15) is 0 Å². The number of ether oxygens (including phenoxy) is 1. The molecule has 0 fully saturated rings. The second-order valence-corrected chi connectivity index (χ2v) is 5.31. The van der Waals surface area contributed by atoms with Crippen molar-refractivity contribution in [1.29, 1.82) is 0 Å². The van der Waals surface area contributed by atoms with Crippen LogP contribution in [0.1, 0.15) is 13.3 Å². The predicted octanol–water partition coefficient (Wildman–Crippen LogP) is 1.04. The molecule has 0 amide bonds. The summed E-state index contributed by atoms with van der Waals surface area (Å²) in [5.74, 6) is 0. The van der Waals surface area contributed by atoms with Gasteiger partial charge in [0.2, 0.25) is 0 Å². The van der Waals surface area contributed by atoms with Gasteiger partial charge >= 0.3 is 0 Å². The van der Waals surface area contributed by atoms with E-state index >= 15 is 0 Å². The van der Waals surface area contributed by atoms with Crippen molar-refractivity contribution in [3.63, 3.8) is 0 Å². The first-order valence-electron chi connectivity index (χ1n) is 5.88. The van der Waals surface area contributed by atoms with Gasteiger partial charge in [-0.1, -0.05) is 18.7 Å². The normalized spacial score (nSPS) is 20.2. The maximum atomic E-state index is 5.03. The number of likely N-dealkylation sites (N-methyl/N-ethyl adjacent to an activating group) is 1. The number of methoxy groups -OCH3 is 1. The number of hydrogen-bond donors (Lipinski definition) is 1. The Labute approximate surface area is 103 Å². The first-order valence-corrected chi connectivity index (χ1v) is 6.76. The van der Waals surface area contributed by atoms with E-state index in [0.717, 1.165) is 38.0 Å². The van der Waals surface area contributed by atoms with Crippen LogP contribution in [-0.4, -0.2) is 62.3 Å². The highest BCUT2D eigenvalue weighted by Crippen LogP contribution is 2.21. The zero-order valence-corrected chi connectivity index (χ0v) is 11.3. The Balaban J connectivity index is 2.03. The van der Waals surface area contributed by atoms with E-state index in [2.05, 4.69) is 29.2 Å². The molecular formula is C11H23N3OS. The monoisotopic (exact) mass is 245 g/mol. The standard InChI is InChI=1S/C11H23N3OS/c1-4-10-9-13-11(16-10)12-5-6-14(2)7-8-15-3/h10H,4-9H2,1-3H3,(H,12,13). The summed E-state index contributed by atoms with van der Waals surface area (Å²) in [6.07, 6.45) is 1.20. The van der Waals surface area contributed by atoms with Crippen molar-refractivity contribution in [3.8, 4) is 0 Å². The number of nitrogens with zero attached hydrogens (tertiary/aromatic N) is 2. The minimum atomic E-state index is 0.689. The van der Waals surface area contributed by atoms with Gasteiger partial charge in [0.15, 0.2) is 5.17 Å². The van der Waals surface area contributed by atoms with Crippen LogP contribution in [0.3, 0.4) is 0 Å². The molecule has 0 aromatic rings. The van der Waals surface area contributed by atoms with Gasteiger partial charge in [0, 0.05) is 32.0 Å². The average molecular weight is 245 g/mol. The molecule has 0 radical (unpaired) electrons. The largest absolute Gasteiger partial charge is 0.383 e. The Kier molecular flexibility index (Phi) is 6.84. The topological polar surface area (TPSA) is 36.9 Å². The SMILES string of the molecule is CCC1CN=C(NCCN(C)CCOC)S1. The third kappa shape index (κ3) is 5.18. The van der Waals surface area contributed by atoms with Gasteiger partial charge < -0.3 is 15.0 Å². The van der Waals surface area contributed by atoms with Crippen LogP contribution in [-0.2, 0) is 4.74 Å². The quantitative estimate of drug-likeness (QED) is 0.727. The van der Waals surface area contributed by atoms with Gasteiger partial charge in [-0.05, 0) is 13.5 Å². The molecule has 1 atom stereocenters. The summed E-state index contributed by atoms with van der Waals surface area (Å²) in [6.45, 7) is 6.96. The first-order chi connectivity index (χ1) is 7.76. The molecule has 1 N–H and O–H groups in total. The zero-order chi connectivity index (χ0) is 11.8. The van der Waals surface area contributed by atoms with E-state index in [1.807, 2.05) is 11.8 Å². The van der Waals surface area contributed by atoms with Crippen LogP contribution in [0, 0.1) is 0 Å². The summed E-state index contributed by atoms with van der Waals surface area (Å²) in [5.41, 5.74) is 0. The minimum absolute atomic E-state index is 0.689. The van der Waals surface area contributed by atoms with Gasteiger partial charge in [0.1, 0.15) is 0 Å². The molecule has 4 nitrogen and oxygen atoms in total. The summed E-state index contributed by atoms with van der Waals surface area (Å²) in [6, 6.07) is 0. The fourth-order valence-electron chi connectivity index (χ4n) is 1.44. The van der Waals surface area contributed by atoms with Crippen LogP contribution in [0.15, 0.2) is 4.99 Å². The summed E-state index contributed by atoms with van der Waals surface area (Å²) >= 11 is 1.88. The highest BCUT2D eigenvalue weighted by Gasteiger charge is 2.16. The third-order valence-electron chi connectivity index (χ3n) is 2.62. The second kappa shape index (κ2) is 7.92. The smallest absolute Gasteiger partial charge is 0.156 e. The van der Waals surface area contributed by atoms with Gasteiger partial charge in [-0.25, -0.2) is 0 Å². The van der Waals surface area contributed by atoms with E-state index in [1.54, 1.807) is 7.11 Å². The lowest BCUT2D eigenvalue weighted by molar-refractivity contribution is 0.162. The molecule has 0 saturated heterocycles. The van der Waals surface area contributed by atoms with Crippen LogP contribution in [0.5, 0.6) is 0 Å². The fourth-order valence-corrected chi connectivity index (χ4v) is 2.41. The Morgan fingerprint density at radius 2 is 2.38 bits per heavy atom. The lowest BCUT2D eigenvalue weighted by Crippen LogP contribution is -2.33. The molecule has 1 aliphatic rings. The second-order valence-electron chi connectivity index (χ2n) is 4.02. The van der Waals surface area contributed by atoms with Gasteiger partial charge in [-0.3, -0.25) is 4.99 Å². The molecule has 0 bridgehead atoms. The molecule has 0 spiro atoms. The molecule has 1 unspecified atom stereocenters. The highest BCUT2D eigenvalue weighted by molar-refractivity contribution is 8.14. The number of amidine groups is 1. The first kappa shape index (κ1) is 13.8. The molecule has 1 aliphatic heterocycles. The Bertz CT molecular complexity index is 223. The van der Waals surface area contributed by atoms with Crippen LogP contribution in [0.4, 0.5) is 0 Å². The van der Waals surface area contributed by atoms with E-state index in [1.165, 1.54) is 6.42 Å². The molecule has 0 aliphatic carbocycles. The van der Waals surface area contributed by atoms with Crippen molar-refractivity contribution >= 4 is 16.9 Å². The van der Waals surface area contributed by atoms with Crippen LogP contribution in [0.25, 0.3) is 0 Å². The summed E-state index contributed by atoms with van der Waals surface area (Å²) < 4.78 is 5.03. The van der Waals surface area contributed by atoms with Gasteiger partial charge in [0.25, 0.3) is 0 Å². The maximum Gasteiger partial charge on any atom is 0.156 e. The van der Waals surface area contributed by atoms with Crippen molar-refractivity contribution in [3.05, 3.63) is 0 Å². The van der Waals surface area contributed by atoms with Crippen molar-refractivity contribution in [2.24, 2.45) is 4.99 Å². The summed E-state index contributed by atoms with van der Waals surface area (Å²) in [7, 11) is 3.85. The fraction of sp³-hybridized carbons (Fsp3) is 0.909. The van der Waals surface area contributed by atoms with Crippen molar-refractivity contribution in [1.82, 2.24) is 10.2 Å². The Morgan fingerprint density at radius 3 is 3.00 bits per heavy atom. The van der Waals surface area contributed by atoms with E-state index in [0.29, 0.717) is 5.25 Å². The molecule has 0 aromatic heterocycles. The van der Waals surface area contributed by atoms with Gasteiger partial charge in [0.05, 0.1) is 13.2 Å². The highest BCUT2D eigenvalue weighted by atomic mass is 32.2. The number of thioether (sulfide) groups is 1. The zero-order valence-electron chi connectivity index (χ0n) is 10.5. The van der Waals surface area contributed by atoms with E-state index < -0.39 is 0 Å². The van der Waals surface area contributed by atoms with Crippen molar-refractivity contribution < 1.29 is 4.74 Å². The van der Waals surface area contributed by atoms with Crippen LogP contribution >= 0.6 is 11.8 Å². The molecule has 1 rings (SSSR count). The number of nitrogens with one attached hydrogen (secondary N) is 1. The third-order valence-corrected chi connectivity index (χ3v) is 3.93. The maximum absolute atomic E-state index is 5.03.